The van der Waals surface area contributed by atoms with Crippen molar-refractivity contribution in [1.29, 1.82) is 5.26 Å². The Kier molecular flexibility index (Phi) is 5.73. The number of aromatic nitrogens is 3. The maximum absolute atomic E-state index is 13.1. The Morgan fingerprint density at radius 1 is 1.14 bits per heavy atom. The van der Waals surface area contributed by atoms with Gasteiger partial charge in [0.05, 0.1) is 17.8 Å². The van der Waals surface area contributed by atoms with E-state index in [4.69, 9.17) is 5.26 Å². The first-order valence-electron chi connectivity index (χ1n) is 9.62. The summed E-state index contributed by atoms with van der Waals surface area (Å²) < 4.78 is 13.1. The van der Waals surface area contributed by atoms with Gasteiger partial charge in [0.25, 0.3) is 0 Å². The van der Waals surface area contributed by atoms with Gasteiger partial charge in [-0.3, -0.25) is 4.90 Å². The smallest absolute Gasteiger partial charge is 0.180 e. The lowest BCUT2D eigenvalue weighted by Crippen LogP contribution is -2.38. The molecule has 0 atom stereocenters. The molecule has 146 valence electrons. The molecule has 1 aliphatic heterocycles. The van der Waals surface area contributed by atoms with Gasteiger partial charge in [-0.25, -0.2) is 19.3 Å². The fourth-order valence-corrected chi connectivity index (χ4v) is 3.51. The largest absolute Gasteiger partial charge is 0.367 e. The first kappa shape index (κ1) is 19.0. The Balaban J connectivity index is 1.33. The first-order chi connectivity index (χ1) is 14.2. The molecule has 0 radical (unpaired) electrons. The van der Waals surface area contributed by atoms with Gasteiger partial charge in [-0.15, -0.1) is 0 Å². The molecule has 1 N–H and O–H groups in total. The van der Waals surface area contributed by atoms with Crippen molar-refractivity contribution in [1.82, 2.24) is 19.9 Å². The van der Waals surface area contributed by atoms with Crippen LogP contribution in [0, 0.1) is 17.1 Å². The molecular formula is C22H21FN6. The standard InChI is InChI=1S/C22H21FN6/c23-18-4-5-20(26-14-18)22-25-9-6-21(28-22)27-19-7-10-29(11-8-19)15-17-3-1-2-16(12-17)13-24/h1-6,9,12,14,19H,7-8,10-11,15H2,(H,25,27,28). The molecule has 0 unspecified atom stereocenters. The zero-order chi connectivity index (χ0) is 20.1. The molecule has 29 heavy (non-hydrogen) atoms. The minimum Gasteiger partial charge on any atom is -0.367 e. The van der Waals surface area contributed by atoms with Crippen LogP contribution in [0.15, 0.2) is 54.9 Å². The van der Waals surface area contributed by atoms with Crippen LogP contribution in [-0.2, 0) is 6.54 Å². The van der Waals surface area contributed by atoms with Gasteiger partial charge in [0.15, 0.2) is 5.82 Å². The highest BCUT2D eigenvalue weighted by Crippen LogP contribution is 2.19. The third-order valence-corrected chi connectivity index (χ3v) is 5.01. The number of hydrogen-bond donors (Lipinski definition) is 1. The number of nitriles is 1. The summed E-state index contributed by atoms with van der Waals surface area (Å²) in [5.41, 5.74) is 2.42. The van der Waals surface area contributed by atoms with Gasteiger partial charge >= 0.3 is 0 Å². The van der Waals surface area contributed by atoms with Gasteiger partial charge in [0.1, 0.15) is 17.3 Å². The van der Waals surface area contributed by atoms with E-state index >= 15 is 0 Å². The van der Waals surface area contributed by atoms with Crippen LogP contribution in [-0.4, -0.2) is 39.0 Å². The summed E-state index contributed by atoms with van der Waals surface area (Å²) in [6.07, 6.45) is 4.87. The zero-order valence-electron chi connectivity index (χ0n) is 15.9. The van der Waals surface area contributed by atoms with Crippen molar-refractivity contribution >= 4 is 5.82 Å². The number of pyridine rings is 1. The van der Waals surface area contributed by atoms with Crippen LogP contribution >= 0.6 is 0 Å². The van der Waals surface area contributed by atoms with Gasteiger partial charge in [0, 0.05) is 31.9 Å². The lowest BCUT2D eigenvalue weighted by atomic mass is 10.0. The molecule has 1 aromatic carbocycles. The lowest BCUT2D eigenvalue weighted by Gasteiger charge is -2.32. The Hall–Kier alpha value is -3.37. The lowest BCUT2D eigenvalue weighted by molar-refractivity contribution is 0.211. The van der Waals surface area contributed by atoms with E-state index in [0.717, 1.165) is 38.3 Å². The van der Waals surface area contributed by atoms with Crippen LogP contribution in [0.1, 0.15) is 24.0 Å². The molecule has 1 fully saturated rings. The number of piperidine rings is 1. The SMILES string of the molecule is N#Cc1cccc(CN2CCC(Nc3ccnc(-c4ccc(F)cn4)n3)CC2)c1. The Morgan fingerprint density at radius 2 is 2.00 bits per heavy atom. The minimum absolute atomic E-state index is 0.334. The molecule has 6 nitrogen and oxygen atoms in total. The maximum atomic E-state index is 13.1. The number of rotatable bonds is 5. The number of halogens is 1. The molecule has 0 spiro atoms. The van der Waals surface area contributed by atoms with E-state index in [1.54, 1.807) is 12.3 Å². The summed E-state index contributed by atoms with van der Waals surface area (Å²) in [7, 11) is 0. The molecule has 0 amide bonds. The van der Waals surface area contributed by atoms with Crippen molar-refractivity contribution in [3.05, 3.63) is 71.8 Å². The van der Waals surface area contributed by atoms with Crippen molar-refractivity contribution < 1.29 is 4.39 Å². The van der Waals surface area contributed by atoms with Crippen LogP contribution in [0.4, 0.5) is 10.2 Å². The van der Waals surface area contributed by atoms with Crippen molar-refractivity contribution in [3.8, 4) is 17.6 Å². The van der Waals surface area contributed by atoms with E-state index in [1.165, 1.54) is 17.8 Å². The number of nitrogens with one attached hydrogen (secondary N) is 1. The number of hydrogen-bond acceptors (Lipinski definition) is 6. The number of likely N-dealkylation sites (tertiary alicyclic amines) is 1. The predicted octanol–water partition coefficient (Wildman–Crippen LogP) is 3.63. The molecule has 3 aromatic rings. The highest BCUT2D eigenvalue weighted by atomic mass is 19.1. The summed E-state index contributed by atoms with van der Waals surface area (Å²) in [6.45, 7) is 2.81. The second kappa shape index (κ2) is 8.76. The van der Waals surface area contributed by atoms with Gasteiger partial charge < -0.3 is 5.32 Å². The van der Waals surface area contributed by atoms with Crippen molar-refractivity contribution in [2.45, 2.75) is 25.4 Å². The van der Waals surface area contributed by atoms with Crippen LogP contribution in [0.5, 0.6) is 0 Å². The van der Waals surface area contributed by atoms with Gasteiger partial charge in [-0.1, -0.05) is 12.1 Å². The third-order valence-electron chi connectivity index (χ3n) is 5.01. The number of anilines is 1. The Labute approximate surface area is 169 Å². The van der Waals surface area contributed by atoms with Crippen LogP contribution in [0.2, 0.25) is 0 Å². The molecule has 0 bridgehead atoms. The molecule has 2 aromatic heterocycles. The summed E-state index contributed by atoms with van der Waals surface area (Å²) in [5.74, 6) is 0.847. The maximum Gasteiger partial charge on any atom is 0.180 e. The Bertz CT molecular complexity index is 1010. The fraction of sp³-hybridized carbons (Fsp3) is 0.273. The van der Waals surface area contributed by atoms with Crippen molar-refractivity contribution in [2.75, 3.05) is 18.4 Å². The summed E-state index contributed by atoms with van der Waals surface area (Å²) >= 11 is 0. The van der Waals surface area contributed by atoms with Crippen LogP contribution in [0.3, 0.4) is 0 Å². The molecule has 3 heterocycles. The van der Waals surface area contributed by atoms with E-state index in [1.807, 2.05) is 24.3 Å². The molecule has 1 saturated heterocycles. The number of nitrogens with zero attached hydrogens (tertiary/aromatic N) is 5. The van der Waals surface area contributed by atoms with E-state index in [9.17, 15) is 4.39 Å². The molecule has 7 heteroatoms. The fourth-order valence-electron chi connectivity index (χ4n) is 3.51. The van der Waals surface area contributed by atoms with Crippen LogP contribution < -0.4 is 5.32 Å². The van der Waals surface area contributed by atoms with Crippen LogP contribution in [0.25, 0.3) is 11.5 Å². The van der Waals surface area contributed by atoms with E-state index < -0.39 is 0 Å². The average Bonchev–Trinajstić information content (AvgIpc) is 2.76. The summed E-state index contributed by atoms with van der Waals surface area (Å²) in [4.78, 5) is 15.2. The normalized spacial score (nSPS) is 15.0. The van der Waals surface area contributed by atoms with Gasteiger partial charge in [0.2, 0.25) is 0 Å². The minimum atomic E-state index is -0.380. The van der Waals surface area contributed by atoms with Crippen molar-refractivity contribution in [3.63, 3.8) is 0 Å². The monoisotopic (exact) mass is 388 g/mol. The molecular weight excluding hydrogens is 367 g/mol. The topological polar surface area (TPSA) is 77.7 Å². The molecule has 4 rings (SSSR count). The van der Waals surface area contributed by atoms with Crippen molar-refractivity contribution in [2.24, 2.45) is 0 Å². The van der Waals surface area contributed by atoms with E-state index in [-0.39, 0.29) is 5.82 Å². The van der Waals surface area contributed by atoms with E-state index in [0.29, 0.717) is 23.1 Å². The molecule has 0 aliphatic carbocycles. The third kappa shape index (κ3) is 4.92. The zero-order valence-corrected chi connectivity index (χ0v) is 15.9. The predicted molar refractivity (Wildman–Crippen MR) is 108 cm³/mol. The van der Waals surface area contributed by atoms with Gasteiger partial charge in [-0.05, 0) is 48.7 Å². The quantitative estimate of drug-likeness (QED) is 0.719. The summed E-state index contributed by atoms with van der Waals surface area (Å²) in [6, 6.07) is 15.1. The number of benzene rings is 1. The Morgan fingerprint density at radius 3 is 2.76 bits per heavy atom. The summed E-state index contributed by atoms with van der Waals surface area (Å²) in [5, 5.41) is 12.5. The highest BCUT2D eigenvalue weighted by Gasteiger charge is 2.20. The van der Waals surface area contributed by atoms with E-state index in [2.05, 4.69) is 37.3 Å². The second-order valence-electron chi connectivity index (χ2n) is 7.13. The first-order valence-corrected chi connectivity index (χ1v) is 9.62. The second-order valence-corrected chi connectivity index (χ2v) is 7.13. The average molecular weight is 388 g/mol. The highest BCUT2D eigenvalue weighted by molar-refractivity contribution is 5.51. The van der Waals surface area contributed by atoms with Gasteiger partial charge in [-0.2, -0.15) is 5.26 Å². The molecule has 1 aliphatic rings. The molecule has 0 saturated carbocycles.